The lowest BCUT2D eigenvalue weighted by Crippen LogP contribution is -2.52. The number of para-hydroxylation sites is 1. The van der Waals surface area contributed by atoms with Crippen LogP contribution in [0.15, 0.2) is 48.5 Å². The van der Waals surface area contributed by atoms with Crippen molar-refractivity contribution in [2.75, 3.05) is 50.1 Å². The van der Waals surface area contributed by atoms with Gasteiger partial charge in [0.2, 0.25) is 0 Å². The first-order valence-electron chi connectivity index (χ1n) is 10.9. The van der Waals surface area contributed by atoms with Crippen LogP contribution in [0.1, 0.15) is 26.3 Å². The molecule has 8 nitrogen and oxygen atoms in total. The first-order valence-corrected chi connectivity index (χ1v) is 10.9. The fourth-order valence-corrected chi connectivity index (χ4v) is 3.70. The molecule has 2 aromatic rings. The van der Waals surface area contributed by atoms with Crippen molar-refractivity contribution in [2.45, 2.75) is 26.2 Å². The summed E-state index contributed by atoms with van der Waals surface area (Å²) >= 11 is 0. The van der Waals surface area contributed by atoms with E-state index in [4.69, 9.17) is 4.74 Å². The summed E-state index contributed by atoms with van der Waals surface area (Å²) in [6, 6.07) is 14.8. The largest absolute Gasteiger partial charge is 0.482 e. The van der Waals surface area contributed by atoms with Crippen molar-refractivity contribution in [1.29, 1.82) is 0 Å². The van der Waals surface area contributed by atoms with Crippen molar-refractivity contribution in [3.8, 4) is 5.75 Å². The molecule has 1 fully saturated rings. The van der Waals surface area contributed by atoms with Gasteiger partial charge < -0.3 is 24.6 Å². The van der Waals surface area contributed by atoms with Gasteiger partial charge in [0.1, 0.15) is 5.75 Å². The van der Waals surface area contributed by atoms with E-state index in [-0.39, 0.29) is 12.0 Å². The number of piperazine rings is 1. The summed E-state index contributed by atoms with van der Waals surface area (Å²) in [7, 11) is 1.28. The van der Waals surface area contributed by atoms with Crippen LogP contribution in [0.3, 0.4) is 0 Å². The molecular weight excluding hydrogens is 422 g/mol. The maximum atomic E-state index is 12.7. The molecular formula is C25H31N3O5. The smallest absolute Gasteiger partial charge is 0.343 e. The molecule has 33 heavy (non-hydrogen) atoms. The monoisotopic (exact) mass is 453 g/mol. The average molecular weight is 454 g/mol. The number of hydrogen-bond acceptors (Lipinski definition) is 6. The zero-order valence-corrected chi connectivity index (χ0v) is 19.6. The predicted molar refractivity (Wildman–Crippen MR) is 127 cm³/mol. The van der Waals surface area contributed by atoms with Gasteiger partial charge in [-0.2, -0.15) is 0 Å². The Balaban J connectivity index is 1.54. The summed E-state index contributed by atoms with van der Waals surface area (Å²) in [4.78, 5) is 40.1. The van der Waals surface area contributed by atoms with Crippen molar-refractivity contribution in [3.63, 3.8) is 0 Å². The molecule has 0 saturated carbocycles. The van der Waals surface area contributed by atoms with Crippen molar-refractivity contribution in [3.05, 3.63) is 54.1 Å². The number of ether oxygens (including phenoxy) is 2. The lowest BCUT2D eigenvalue weighted by Gasteiger charge is -2.38. The van der Waals surface area contributed by atoms with Gasteiger partial charge in [0.15, 0.2) is 6.61 Å². The van der Waals surface area contributed by atoms with E-state index in [1.807, 2.05) is 12.1 Å². The highest BCUT2D eigenvalue weighted by atomic mass is 16.6. The van der Waals surface area contributed by atoms with Crippen LogP contribution >= 0.6 is 0 Å². The summed E-state index contributed by atoms with van der Waals surface area (Å²) in [5, 5.41) is 2.62. The first kappa shape index (κ1) is 24.1. The molecule has 1 N–H and O–H groups in total. The number of anilines is 2. The van der Waals surface area contributed by atoms with Gasteiger partial charge in [-0.3, -0.25) is 9.59 Å². The third kappa shape index (κ3) is 6.25. The average Bonchev–Trinajstić information content (AvgIpc) is 2.82. The van der Waals surface area contributed by atoms with Gasteiger partial charge in [-0.25, -0.2) is 4.79 Å². The minimum Gasteiger partial charge on any atom is -0.482 e. The topological polar surface area (TPSA) is 88.2 Å². The molecule has 0 bridgehead atoms. The van der Waals surface area contributed by atoms with E-state index in [1.54, 1.807) is 29.2 Å². The van der Waals surface area contributed by atoms with Crippen LogP contribution in [0.4, 0.5) is 11.4 Å². The predicted octanol–water partition coefficient (Wildman–Crippen LogP) is 2.82. The number of nitrogens with one attached hydrogen (secondary N) is 1. The normalized spacial score (nSPS) is 13.9. The molecule has 0 atom stereocenters. The molecule has 1 aliphatic rings. The van der Waals surface area contributed by atoms with Crippen LogP contribution in [0.25, 0.3) is 0 Å². The van der Waals surface area contributed by atoms with Gasteiger partial charge in [0, 0.05) is 37.6 Å². The zero-order chi connectivity index (χ0) is 24.0. The number of esters is 1. The van der Waals surface area contributed by atoms with Crippen molar-refractivity contribution in [1.82, 2.24) is 4.90 Å². The van der Waals surface area contributed by atoms with Crippen LogP contribution < -0.4 is 15.0 Å². The quantitative estimate of drug-likeness (QED) is 0.553. The SMILES string of the molecule is COC(=O)COc1ccc(NC(=O)C(=O)N2CCN(c3ccccc3C(C)(C)C)CC2)cc1. The fraction of sp³-hybridized carbons (Fsp3) is 0.400. The summed E-state index contributed by atoms with van der Waals surface area (Å²) in [5.41, 5.74) is 2.93. The second kappa shape index (κ2) is 10.4. The highest BCUT2D eigenvalue weighted by Crippen LogP contribution is 2.32. The van der Waals surface area contributed by atoms with Crippen LogP contribution in [-0.4, -0.2) is 62.6 Å². The molecule has 0 aliphatic carbocycles. The van der Waals surface area contributed by atoms with Gasteiger partial charge in [-0.15, -0.1) is 0 Å². The first-order chi connectivity index (χ1) is 15.7. The Bertz CT molecular complexity index is 990. The Kier molecular flexibility index (Phi) is 7.58. The van der Waals surface area contributed by atoms with Gasteiger partial charge in [0.05, 0.1) is 7.11 Å². The van der Waals surface area contributed by atoms with E-state index in [1.165, 1.54) is 18.4 Å². The number of benzene rings is 2. The number of rotatable bonds is 5. The number of carbonyl (C=O) groups is 3. The summed E-state index contributed by atoms with van der Waals surface area (Å²) in [5.74, 6) is -1.26. The van der Waals surface area contributed by atoms with E-state index in [2.05, 4.69) is 47.9 Å². The molecule has 8 heteroatoms. The molecule has 3 rings (SSSR count). The number of amides is 2. The van der Waals surface area contributed by atoms with Gasteiger partial charge in [-0.1, -0.05) is 39.0 Å². The molecule has 0 unspecified atom stereocenters. The summed E-state index contributed by atoms with van der Waals surface area (Å²) in [6.07, 6.45) is 0. The minimum absolute atomic E-state index is 0.0172. The van der Waals surface area contributed by atoms with E-state index < -0.39 is 17.8 Å². The molecule has 1 heterocycles. The second-order valence-corrected chi connectivity index (χ2v) is 8.89. The maximum Gasteiger partial charge on any atom is 0.343 e. The third-order valence-corrected chi connectivity index (χ3v) is 5.51. The second-order valence-electron chi connectivity index (χ2n) is 8.89. The zero-order valence-electron chi connectivity index (χ0n) is 19.6. The van der Waals surface area contributed by atoms with Gasteiger partial charge in [0.25, 0.3) is 0 Å². The molecule has 1 aliphatic heterocycles. The van der Waals surface area contributed by atoms with Gasteiger partial charge in [-0.05, 0) is 41.3 Å². The fourth-order valence-electron chi connectivity index (χ4n) is 3.70. The van der Waals surface area contributed by atoms with Crippen LogP contribution in [-0.2, 0) is 24.5 Å². The Hall–Kier alpha value is -3.55. The van der Waals surface area contributed by atoms with Crippen LogP contribution in [0.2, 0.25) is 0 Å². The molecule has 0 spiro atoms. The number of nitrogens with zero attached hydrogens (tertiary/aromatic N) is 2. The third-order valence-electron chi connectivity index (χ3n) is 5.51. The lowest BCUT2D eigenvalue weighted by atomic mass is 9.85. The maximum absolute atomic E-state index is 12.7. The van der Waals surface area contributed by atoms with Crippen molar-refractivity contribution >= 4 is 29.2 Å². The summed E-state index contributed by atoms with van der Waals surface area (Å²) in [6.45, 7) is 8.65. The van der Waals surface area contributed by atoms with Crippen molar-refractivity contribution < 1.29 is 23.9 Å². The Morgan fingerprint density at radius 1 is 0.939 bits per heavy atom. The van der Waals surface area contributed by atoms with E-state index >= 15 is 0 Å². The molecule has 0 radical (unpaired) electrons. The van der Waals surface area contributed by atoms with E-state index in [9.17, 15) is 14.4 Å². The van der Waals surface area contributed by atoms with E-state index in [0.29, 0.717) is 37.6 Å². The highest BCUT2D eigenvalue weighted by molar-refractivity contribution is 6.39. The standard InChI is InChI=1S/C25H31N3O5/c1-25(2,3)20-7-5-6-8-21(20)27-13-15-28(16-14-27)24(31)23(30)26-18-9-11-19(12-10-18)33-17-22(29)32-4/h5-12H,13-17H2,1-4H3,(H,26,30). The Morgan fingerprint density at radius 3 is 2.18 bits per heavy atom. The van der Waals surface area contributed by atoms with Crippen molar-refractivity contribution in [2.24, 2.45) is 0 Å². The highest BCUT2D eigenvalue weighted by Gasteiger charge is 2.28. The Labute approximate surface area is 194 Å². The Morgan fingerprint density at radius 2 is 1.58 bits per heavy atom. The molecule has 2 amide bonds. The minimum atomic E-state index is -0.679. The number of methoxy groups -OCH3 is 1. The van der Waals surface area contributed by atoms with Crippen LogP contribution in [0.5, 0.6) is 5.75 Å². The summed E-state index contributed by atoms with van der Waals surface area (Å²) < 4.78 is 9.79. The van der Waals surface area contributed by atoms with E-state index in [0.717, 1.165) is 0 Å². The number of hydrogen-bond donors (Lipinski definition) is 1. The molecule has 176 valence electrons. The lowest BCUT2D eigenvalue weighted by molar-refractivity contribution is -0.143. The molecule has 2 aromatic carbocycles. The molecule has 1 saturated heterocycles. The van der Waals surface area contributed by atoms with Crippen LogP contribution in [0, 0.1) is 0 Å². The number of carbonyl (C=O) groups excluding carboxylic acids is 3. The molecule has 0 aromatic heterocycles. The van der Waals surface area contributed by atoms with Gasteiger partial charge >= 0.3 is 17.8 Å².